The van der Waals surface area contributed by atoms with Gasteiger partial charge in [-0.1, -0.05) is 0 Å². The Morgan fingerprint density at radius 1 is 1.46 bits per heavy atom. The van der Waals surface area contributed by atoms with E-state index in [9.17, 15) is 9.59 Å². The van der Waals surface area contributed by atoms with Gasteiger partial charge in [0.05, 0.1) is 23.0 Å². The molecule has 2 heterocycles. The zero-order valence-corrected chi connectivity index (χ0v) is 14.6. The second kappa shape index (κ2) is 6.24. The fourth-order valence-corrected chi connectivity index (χ4v) is 3.15. The lowest BCUT2D eigenvalue weighted by Gasteiger charge is -2.24. The van der Waals surface area contributed by atoms with Crippen molar-refractivity contribution in [3.05, 3.63) is 34.8 Å². The Balaban J connectivity index is 1.80. The molecule has 2 amide bonds. The molecule has 1 aromatic carbocycles. The SMILES string of the molecule is CN1C(=O)C(C)(C)COc2ccc(NC(=O)Cc3cncs3)cc21. The summed E-state index contributed by atoms with van der Waals surface area (Å²) in [5.41, 5.74) is 2.39. The van der Waals surface area contributed by atoms with E-state index in [1.807, 2.05) is 13.8 Å². The second-order valence-corrected chi connectivity index (χ2v) is 7.38. The van der Waals surface area contributed by atoms with Crippen LogP contribution in [0.1, 0.15) is 18.7 Å². The highest BCUT2D eigenvalue weighted by molar-refractivity contribution is 7.09. The van der Waals surface area contributed by atoms with Crippen LogP contribution in [-0.4, -0.2) is 30.5 Å². The van der Waals surface area contributed by atoms with Gasteiger partial charge in [0.15, 0.2) is 0 Å². The number of nitrogens with zero attached hydrogens (tertiary/aromatic N) is 2. The minimum absolute atomic E-state index is 0.0191. The molecule has 0 fully saturated rings. The molecule has 0 atom stereocenters. The predicted octanol–water partition coefficient (Wildman–Crippen LogP) is 2.71. The van der Waals surface area contributed by atoms with E-state index >= 15 is 0 Å². The molecule has 0 bridgehead atoms. The van der Waals surface area contributed by atoms with Crippen molar-refractivity contribution in [2.75, 3.05) is 23.9 Å². The van der Waals surface area contributed by atoms with E-state index in [1.54, 1.807) is 41.9 Å². The Hall–Kier alpha value is -2.41. The van der Waals surface area contributed by atoms with Crippen molar-refractivity contribution >= 4 is 34.5 Å². The molecule has 24 heavy (non-hydrogen) atoms. The van der Waals surface area contributed by atoms with Crippen LogP contribution in [0.4, 0.5) is 11.4 Å². The first-order valence-electron chi connectivity index (χ1n) is 7.59. The van der Waals surface area contributed by atoms with Crippen molar-refractivity contribution in [3.8, 4) is 5.75 Å². The summed E-state index contributed by atoms with van der Waals surface area (Å²) in [7, 11) is 1.72. The van der Waals surface area contributed by atoms with E-state index in [2.05, 4.69) is 10.3 Å². The van der Waals surface area contributed by atoms with Gasteiger partial charge in [0.2, 0.25) is 11.8 Å². The third-order valence-corrected chi connectivity index (χ3v) is 4.67. The first-order valence-corrected chi connectivity index (χ1v) is 8.47. The molecule has 0 spiro atoms. The molecule has 0 unspecified atom stereocenters. The van der Waals surface area contributed by atoms with Crippen LogP contribution in [0.25, 0.3) is 0 Å². The Labute approximate surface area is 144 Å². The maximum Gasteiger partial charge on any atom is 0.235 e. The Kier molecular flexibility index (Phi) is 4.28. The van der Waals surface area contributed by atoms with Crippen molar-refractivity contribution in [2.45, 2.75) is 20.3 Å². The molecule has 0 saturated carbocycles. The summed E-state index contributed by atoms with van der Waals surface area (Å²) >= 11 is 1.44. The quantitative estimate of drug-likeness (QED) is 0.928. The summed E-state index contributed by atoms with van der Waals surface area (Å²) in [6.07, 6.45) is 1.96. The van der Waals surface area contributed by atoms with E-state index in [1.165, 1.54) is 11.3 Å². The Bertz CT molecular complexity index is 771. The summed E-state index contributed by atoms with van der Waals surface area (Å²) < 4.78 is 5.77. The monoisotopic (exact) mass is 345 g/mol. The van der Waals surface area contributed by atoms with Crippen LogP contribution < -0.4 is 15.0 Å². The van der Waals surface area contributed by atoms with Gasteiger partial charge in [0.1, 0.15) is 12.4 Å². The number of nitrogens with one attached hydrogen (secondary N) is 1. The zero-order chi connectivity index (χ0) is 17.3. The van der Waals surface area contributed by atoms with Crippen LogP contribution in [0.5, 0.6) is 5.75 Å². The molecule has 0 aliphatic carbocycles. The largest absolute Gasteiger partial charge is 0.490 e. The van der Waals surface area contributed by atoms with Crippen molar-refractivity contribution in [2.24, 2.45) is 5.41 Å². The van der Waals surface area contributed by atoms with Crippen LogP contribution in [0.15, 0.2) is 29.9 Å². The van der Waals surface area contributed by atoms with Crippen LogP contribution in [0.3, 0.4) is 0 Å². The number of benzene rings is 1. The summed E-state index contributed by atoms with van der Waals surface area (Å²) in [6.45, 7) is 4.03. The number of hydrogen-bond donors (Lipinski definition) is 1. The van der Waals surface area contributed by atoms with Gasteiger partial charge in [-0.2, -0.15) is 0 Å². The van der Waals surface area contributed by atoms with Gasteiger partial charge >= 0.3 is 0 Å². The van der Waals surface area contributed by atoms with Crippen LogP contribution in [0.2, 0.25) is 0 Å². The number of rotatable bonds is 3. The molecule has 1 aliphatic heterocycles. The number of carbonyl (C=O) groups excluding carboxylic acids is 2. The number of amides is 2. The number of carbonyl (C=O) groups is 2. The highest BCUT2D eigenvalue weighted by Crippen LogP contribution is 2.37. The third-order valence-electron chi connectivity index (χ3n) is 3.89. The molecule has 1 aliphatic rings. The second-order valence-electron chi connectivity index (χ2n) is 6.41. The van der Waals surface area contributed by atoms with Gasteiger partial charge in [-0.25, -0.2) is 0 Å². The van der Waals surface area contributed by atoms with E-state index in [0.29, 0.717) is 23.7 Å². The van der Waals surface area contributed by atoms with Crippen molar-refractivity contribution in [1.29, 1.82) is 0 Å². The highest BCUT2D eigenvalue weighted by atomic mass is 32.1. The van der Waals surface area contributed by atoms with Crippen LogP contribution in [-0.2, 0) is 16.0 Å². The van der Waals surface area contributed by atoms with Gasteiger partial charge in [-0.05, 0) is 32.0 Å². The maximum absolute atomic E-state index is 12.5. The van der Waals surface area contributed by atoms with E-state index in [0.717, 1.165) is 4.88 Å². The molecule has 1 N–H and O–H groups in total. The molecule has 2 aromatic rings. The summed E-state index contributed by atoms with van der Waals surface area (Å²) in [5, 5.41) is 2.85. The fourth-order valence-electron chi connectivity index (χ4n) is 2.56. The minimum atomic E-state index is -0.594. The number of aromatic nitrogens is 1. The van der Waals surface area contributed by atoms with Gasteiger partial charge in [0, 0.05) is 23.8 Å². The number of ether oxygens (including phenoxy) is 1. The lowest BCUT2D eigenvalue weighted by atomic mass is 9.93. The van der Waals surface area contributed by atoms with Crippen LogP contribution >= 0.6 is 11.3 Å². The topological polar surface area (TPSA) is 71.5 Å². The molecular formula is C17H19N3O3S. The molecule has 0 saturated heterocycles. The molecule has 126 valence electrons. The minimum Gasteiger partial charge on any atom is -0.490 e. The number of hydrogen-bond acceptors (Lipinski definition) is 5. The average molecular weight is 345 g/mol. The smallest absolute Gasteiger partial charge is 0.235 e. The Morgan fingerprint density at radius 2 is 2.25 bits per heavy atom. The van der Waals surface area contributed by atoms with Crippen molar-refractivity contribution in [1.82, 2.24) is 4.98 Å². The van der Waals surface area contributed by atoms with Gasteiger partial charge < -0.3 is 15.0 Å². The summed E-state index contributed by atoms with van der Waals surface area (Å²) in [5.74, 6) is 0.495. The molecule has 1 aromatic heterocycles. The molecule has 7 heteroatoms. The summed E-state index contributed by atoms with van der Waals surface area (Å²) in [4.78, 5) is 31.1. The summed E-state index contributed by atoms with van der Waals surface area (Å²) in [6, 6.07) is 5.32. The molecular weight excluding hydrogens is 326 g/mol. The predicted molar refractivity (Wildman–Crippen MR) is 93.6 cm³/mol. The third kappa shape index (κ3) is 3.26. The lowest BCUT2D eigenvalue weighted by Crippen LogP contribution is -2.39. The van der Waals surface area contributed by atoms with Gasteiger partial charge in [-0.15, -0.1) is 11.3 Å². The Morgan fingerprint density at radius 3 is 2.96 bits per heavy atom. The lowest BCUT2D eigenvalue weighted by molar-refractivity contribution is -0.127. The first-order chi connectivity index (χ1) is 11.4. The van der Waals surface area contributed by atoms with Gasteiger partial charge in [0.25, 0.3) is 0 Å². The van der Waals surface area contributed by atoms with E-state index in [-0.39, 0.29) is 18.2 Å². The van der Waals surface area contributed by atoms with E-state index in [4.69, 9.17) is 4.74 Å². The standard InChI is InChI=1S/C17H19N3O3S/c1-17(2)9-23-14-5-4-11(6-13(14)20(3)16(17)22)19-15(21)7-12-8-18-10-24-12/h4-6,8,10H,7,9H2,1-3H3,(H,19,21). The first kappa shape index (κ1) is 16.4. The highest BCUT2D eigenvalue weighted by Gasteiger charge is 2.36. The molecule has 0 radical (unpaired) electrons. The zero-order valence-electron chi connectivity index (χ0n) is 13.8. The average Bonchev–Trinajstić information content (AvgIpc) is 3.02. The molecule has 3 rings (SSSR count). The van der Waals surface area contributed by atoms with Crippen molar-refractivity contribution < 1.29 is 14.3 Å². The van der Waals surface area contributed by atoms with Crippen molar-refractivity contribution in [3.63, 3.8) is 0 Å². The van der Waals surface area contributed by atoms with E-state index < -0.39 is 5.41 Å². The number of fused-ring (bicyclic) bond motifs is 1. The normalized spacial score (nSPS) is 16.1. The fraction of sp³-hybridized carbons (Fsp3) is 0.353. The maximum atomic E-state index is 12.5. The van der Waals surface area contributed by atoms with Crippen LogP contribution in [0, 0.1) is 5.41 Å². The molecule has 6 nitrogen and oxygen atoms in total. The number of thiazole rings is 1. The number of anilines is 2. The van der Waals surface area contributed by atoms with Gasteiger partial charge in [-0.3, -0.25) is 14.6 Å².